The Morgan fingerprint density at radius 3 is 2.21 bits per heavy atom. The summed E-state index contributed by atoms with van der Waals surface area (Å²) in [6.45, 7) is 14.6. The van der Waals surface area contributed by atoms with E-state index < -0.39 is 5.60 Å². The summed E-state index contributed by atoms with van der Waals surface area (Å²) in [6, 6.07) is 8.45. The number of hydrogen-bond donors (Lipinski definition) is 0. The predicted molar refractivity (Wildman–Crippen MR) is 117 cm³/mol. The number of carbonyl (C=O) groups is 1. The van der Waals surface area contributed by atoms with E-state index in [1.165, 1.54) is 5.56 Å². The van der Waals surface area contributed by atoms with Crippen LogP contribution in [0.1, 0.15) is 37.7 Å². The Bertz CT molecular complexity index is 867. The van der Waals surface area contributed by atoms with Crippen LogP contribution in [0.4, 0.5) is 10.5 Å². The summed E-state index contributed by atoms with van der Waals surface area (Å²) in [5, 5.41) is 0.766. The molecule has 0 spiro atoms. The highest BCUT2D eigenvalue weighted by molar-refractivity contribution is 7.99. The van der Waals surface area contributed by atoms with Crippen molar-refractivity contribution < 1.29 is 9.53 Å². The molecule has 1 amide bonds. The summed E-state index contributed by atoms with van der Waals surface area (Å²) in [5.41, 5.74) is 3.83. The van der Waals surface area contributed by atoms with Gasteiger partial charge in [-0.2, -0.15) is 0 Å². The number of nitrogens with zero attached hydrogens (tertiary/aromatic N) is 4. The highest BCUT2D eigenvalue weighted by atomic mass is 32.2. The third-order valence-electron chi connectivity index (χ3n) is 4.55. The lowest BCUT2D eigenvalue weighted by Gasteiger charge is -2.37. The fourth-order valence-corrected chi connectivity index (χ4v) is 4.38. The summed E-state index contributed by atoms with van der Waals surface area (Å²) in [6.07, 6.45) is -0.237. The zero-order valence-electron chi connectivity index (χ0n) is 18.2. The van der Waals surface area contributed by atoms with Crippen LogP contribution >= 0.6 is 11.8 Å². The highest BCUT2D eigenvalue weighted by Gasteiger charge is 2.27. The Hall–Kier alpha value is -2.28. The number of rotatable bonds is 3. The predicted octanol–water partition coefficient (Wildman–Crippen LogP) is 4.61. The molecule has 3 rings (SSSR count). The van der Waals surface area contributed by atoms with Crippen LogP contribution in [0.2, 0.25) is 0 Å². The molecule has 0 N–H and O–H groups in total. The average Bonchev–Trinajstić information content (AvgIpc) is 2.60. The Morgan fingerprint density at radius 1 is 1.00 bits per heavy atom. The van der Waals surface area contributed by atoms with Crippen LogP contribution in [0.5, 0.6) is 0 Å². The monoisotopic (exact) mass is 414 g/mol. The first kappa shape index (κ1) is 21.4. The quantitative estimate of drug-likeness (QED) is 0.684. The van der Waals surface area contributed by atoms with Crippen molar-refractivity contribution in [3.05, 3.63) is 41.2 Å². The minimum atomic E-state index is -0.471. The van der Waals surface area contributed by atoms with Crippen molar-refractivity contribution in [2.75, 3.05) is 31.1 Å². The first-order chi connectivity index (χ1) is 13.6. The molecule has 156 valence electrons. The van der Waals surface area contributed by atoms with E-state index in [1.807, 2.05) is 40.7 Å². The van der Waals surface area contributed by atoms with E-state index in [2.05, 4.69) is 40.0 Å². The average molecular weight is 415 g/mol. The van der Waals surface area contributed by atoms with E-state index in [1.54, 1.807) is 16.7 Å². The number of amides is 1. The minimum Gasteiger partial charge on any atom is -0.444 e. The number of benzene rings is 1. The van der Waals surface area contributed by atoms with E-state index in [0.717, 1.165) is 40.2 Å². The molecule has 0 radical (unpaired) electrons. The molecule has 1 aromatic heterocycles. The lowest BCUT2D eigenvalue weighted by atomic mass is 10.2. The van der Waals surface area contributed by atoms with Gasteiger partial charge in [0.05, 0.1) is 5.69 Å². The molecule has 1 saturated heterocycles. The lowest BCUT2D eigenvalue weighted by molar-refractivity contribution is 0.0240. The van der Waals surface area contributed by atoms with Gasteiger partial charge in [0, 0.05) is 42.5 Å². The molecule has 0 saturated carbocycles. The van der Waals surface area contributed by atoms with Crippen molar-refractivity contribution in [3.8, 4) is 0 Å². The smallest absolute Gasteiger partial charge is 0.410 e. The van der Waals surface area contributed by atoms with Gasteiger partial charge in [-0.1, -0.05) is 6.07 Å². The van der Waals surface area contributed by atoms with Crippen molar-refractivity contribution in [2.45, 2.75) is 57.2 Å². The van der Waals surface area contributed by atoms with Crippen LogP contribution in [0.3, 0.4) is 0 Å². The number of piperazine rings is 1. The van der Waals surface area contributed by atoms with Crippen molar-refractivity contribution >= 4 is 23.5 Å². The maximum absolute atomic E-state index is 12.3. The summed E-state index contributed by atoms with van der Waals surface area (Å²) in [4.78, 5) is 26.7. The van der Waals surface area contributed by atoms with E-state index >= 15 is 0 Å². The summed E-state index contributed by atoms with van der Waals surface area (Å²) >= 11 is 1.60. The van der Waals surface area contributed by atoms with Crippen molar-refractivity contribution in [1.29, 1.82) is 0 Å². The third-order valence-corrected chi connectivity index (χ3v) is 5.46. The van der Waals surface area contributed by atoms with Gasteiger partial charge in [-0.05, 0) is 77.1 Å². The van der Waals surface area contributed by atoms with Crippen molar-refractivity contribution in [3.63, 3.8) is 0 Å². The zero-order chi connectivity index (χ0) is 21.2. The second-order valence-corrected chi connectivity index (χ2v) is 9.47. The highest BCUT2D eigenvalue weighted by Crippen LogP contribution is 2.35. The van der Waals surface area contributed by atoms with Crippen LogP contribution in [0.25, 0.3) is 0 Å². The Balaban J connectivity index is 1.74. The fraction of sp³-hybridized carbons (Fsp3) is 0.500. The maximum Gasteiger partial charge on any atom is 0.410 e. The van der Waals surface area contributed by atoms with E-state index in [-0.39, 0.29) is 6.09 Å². The number of aryl methyl sites for hydroxylation is 3. The van der Waals surface area contributed by atoms with Crippen LogP contribution in [-0.4, -0.2) is 52.7 Å². The molecule has 0 atom stereocenters. The molecule has 0 aliphatic carbocycles. The van der Waals surface area contributed by atoms with Gasteiger partial charge in [-0.25, -0.2) is 14.8 Å². The van der Waals surface area contributed by atoms with Gasteiger partial charge in [0.2, 0.25) is 0 Å². The van der Waals surface area contributed by atoms with Crippen molar-refractivity contribution in [1.82, 2.24) is 14.9 Å². The first-order valence-corrected chi connectivity index (χ1v) is 10.8. The Labute approximate surface area is 177 Å². The molecule has 7 heteroatoms. The number of carbonyl (C=O) groups excluding carboxylic acids is 1. The normalized spacial score (nSPS) is 14.8. The number of aromatic nitrogens is 2. The summed E-state index contributed by atoms with van der Waals surface area (Å²) < 4.78 is 5.51. The topological polar surface area (TPSA) is 58.6 Å². The van der Waals surface area contributed by atoms with Gasteiger partial charge in [0.1, 0.15) is 5.60 Å². The van der Waals surface area contributed by atoms with Gasteiger partial charge < -0.3 is 14.5 Å². The van der Waals surface area contributed by atoms with Gasteiger partial charge in [-0.3, -0.25) is 0 Å². The second-order valence-electron chi connectivity index (χ2n) is 8.46. The molecule has 2 aromatic rings. The fourth-order valence-electron chi connectivity index (χ4n) is 3.26. The Morgan fingerprint density at radius 2 is 1.62 bits per heavy atom. The molecule has 0 bridgehead atoms. The summed E-state index contributed by atoms with van der Waals surface area (Å²) in [5.74, 6) is 0. The molecule has 1 aromatic carbocycles. The Kier molecular flexibility index (Phi) is 6.36. The lowest BCUT2D eigenvalue weighted by Crippen LogP contribution is -2.50. The number of anilines is 1. The second kappa shape index (κ2) is 8.61. The van der Waals surface area contributed by atoms with Crippen LogP contribution in [-0.2, 0) is 4.74 Å². The maximum atomic E-state index is 12.3. The van der Waals surface area contributed by atoms with Gasteiger partial charge in [0.15, 0.2) is 5.16 Å². The van der Waals surface area contributed by atoms with E-state index in [9.17, 15) is 4.79 Å². The van der Waals surface area contributed by atoms with Crippen LogP contribution < -0.4 is 4.90 Å². The molecular formula is C22H30N4O2S. The molecule has 1 fully saturated rings. The number of hydrogen-bond acceptors (Lipinski definition) is 6. The standard InChI is InChI=1S/C22H30N4O2S/c1-15-7-8-18(19(13-15)29-20-23-16(2)14-17(3)24-20)25-9-11-26(12-10-25)21(27)28-22(4,5)6/h7-8,13-14H,9-12H2,1-6H3. The van der Waals surface area contributed by atoms with Crippen molar-refractivity contribution in [2.24, 2.45) is 0 Å². The molecule has 2 heterocycles. The molecular weight excluding hydrogens is 384 g/mol. The first-order valence-electron chi connectivity index (χ1n) is 9.94. The molecule has 1 aliphatic rings. The van der Waals surface area contributed by atoms with E-state index in [0.29, 0.717) is 13.1 Å². The molecule has 6 nitrogen and oxygen atoms in total. The zero-order valence-corrected chi connectivity index (χ0v) is 19.0. The molecule has 1 aliphatic heterocycles. The van der Waals surface area contributed by atoms with Gasteiger partial charge in [0.25, 0.3) is 0 Å². The third kappa shape index (κ3) is 5.85. The van der Waals surface area contributed by atoms with E-state index in [4.69, 9.17) is 4.74 Å². The van der Waals surface area contributed by atoms with Crippen LogP contribution in [0.15, 0.2) is 34.3 Å². The minimum absolute atomic E-state index is 0.237. The largest absolute Gasteiger partial charge is 0.444 e. The van der Waals surface area contributed by atoms with Gasteiger partial charge >= 0.3 is 6.09 Å². The molecule has 29 heavy (non-hydrogen) atoms. The molecule has 0 unspecified atom stereocenters. The number of ether oxygens (including phenoxy) is 1. The van der Waals surface area contributed by atoms with Crippen LogP contribution in [0, 0.1) is 20.8 Å². The SMILES string of the molecule is Cc1ccc(N2CCN(C(=O)OC(C)(C)C)CC2)c(Sc2nc(C)cc(C)n2)c1. The summed E-state index contributed by atoms with van der Waals surface area (Å²) in [7, 11) is 0. The van der Waals surface area contributed by atoms with Gasteiger partial charge in [-0.15, -0.1) is 0 Å².